The molecule has 0 aromatic heterocycles. The monoisotopic (exact) mass is 238 g/mol. The number of sulfone groups is 1. The van der Waals surface area contributed by atoms with Crippen molar-refractivity contribution < 1.29 is 13.5 Å². The quantitative estimate of drug-likeness (QED) is 0.796. The highest BCUT2D eigenvalue weighted by molar-refractivity contribution is 8.00. The minimum absolute atomic E-state index is 0.102. The van der Waals surface area contributed by atoms with Crippen LogP contribution in [0, 0.1) is 0 Å². The smallest absolute Gasteiger partial charge is 0.147 e. The molecule has 1 fully saturated rings. The van der Waals surface area contributed by atoms with Gasteiger partial charge >= 0.3 is 0 Å². The molecule has 1 N–H and O–H groups in total. The summed E-state index contributed by atoms with van der Waals surface area (Å²) in [6.07, 6.45) is 4.56. The van der Waals surface area contributed by atoms with Gasteiger partial charge in [0, 0.05) is 11.5 Å². The van der Waals surface area contributed by atoms with E-state index in [1.165, 1.54) is 12.7 Å². The standard InChI is InChI=1S/C9H18O3S2/c1-14(11,12)7-5-8(10)9-4-2-3-6-13-9/h8-10H,2-7H2,1H3. The molecule has 0 amide bonds. The Morgan fingerprint density at radius 1 is 1.50 bits per heavy atom. The number of aliphatic hydroxyl groups excluding tert-OH is 1. The van der Waals surface area contributed by atoms with Crippen LogP contribution in [0.1, 0.15) is 25.7 Å². The molecule has 5 heteroatoms. The van der Waals surface area contributed by atoms with Gasteiger partial charge in [0.1, 0.15) is 9.84 Å². The molecule has 1 heterocycles. The predicted molar refractivity (Wildman–Crippen MR) is 60.4 cm³/mol. The van der Waals surface area contributed by atoms with Crippen molar-refractivity contribution in [3.63, 3.8) is 0 Å². The van der Waals surface area contributed by atoms with Gasteiger partial charge in [-0.15, -0.1) is 0 Å². The van der Waals surface area contributed by atoms with Crippen molar-refractivity contribution in [3.8, 4) is 0 Å². The molecule has 0 saturated carbocycles. The molecule has 84 valence electrons. The van der Waals surface area contributed by atoms with Crippen molar-refractivity contribution in [2.24, 2.45) is 0 Å². The van der Waals surface area contributed by atoms with E-state index in [9.17, 15) is 13.5 Å². The maximum atomic E-state index is 10.9. The van der Waals surface area contributed by atoms with Gasteiger partial charge in [0.25, 0.3) is 0 Å². The Bertz CT molecular complexity index is 255. The maximum Gasteiger partial charge on any atom is 0.147 e. The van der Waals surface area contributed by atoms with Crippen molar-refractivity contribution in [3.05, 3.63) is 0 Å². The van der Waals surface area contributed by atoms with Gasteiger partial charge in [-0.2, -0.15) is 11.8 Å². The van der Waals surface area contributed by atoms with Crippen molar-refractivity contribution >= 4 is 21.6 Å². The molecule has 14 heavy (non-hydrogen) atoms. The molecule has 3 nitrogen and oxygen atoms in total. The van der Waals surface area contributed by atoms with Gasteiger partial charge in [-0.05, 0) is 25.0 Å². The largest absolute Gasteiger partial charge is 0.392 e. The molecule has 0 aliphatic carbocycles. The molecule has 1 rings (SSSR count). The third-order valence-electron chi connectivity index (χ3n) is 2.43. The summed E-state index contributed by atoms with van der Waals surface area (Å²) in [6, 6.07) is 0. The van der Waals surface area contributed by atoms with E-state index in [0.717, 1.165) is 18.6 Å². The van der Waals surface area contributed by atoms with Crippen molar-refractivity contribution in [2.45, 2.75) is 37.0 Å². The summed E-state index contributed by atoms with van der Waals surface area (Å²) in [5, 5.41) is 10.0. The van der Waals surface area contributed by atoms with E-state index in [4.69, 9.17) is 0 Å². The molecule has 1 aliphatic heterocycles. The number of aliphatic hydroxyl groups is 1. The molecule has 1 saturated heterocycles. The Balaban J connectivity index is 2.30. The van der Waals surface area contributed by atoms with Crippen LogP contribution in [0.4, 0.5) is 0 Å². The van der Waals surface area contributed by atoms with E-state index in [0.29, 0.717) is 6.42 Å². The van der Waals surface area contributed by atoms with Crippen LogP contribution in [0.15, 0.2) is 0 Å². The number of thioether (sulfide) groups is 1. The molecule has 0 aromatic rings. The second kappa shape index (κ2) is 5.37. The lowest BCUT2D eigenvalue weighted by Gasteiger charge is -2.25. The Kier molecular flexibility index (Phi) is 4.73. The summed E-state index contributed by atoms with van der Waals surface area (Å²) in [7, 11) is -2.93. The van der Waals surface area contributed by atoms with Gasteiger partial charge in [0.05, 0.1) is 11.9 Å². The van der Waals surface area contributed by atoms with Crippen molar-refractivity contribution in [1.82, 2.24) is 0 Å². The fourth-order valence-corrected chi connectivity index (χ4v) is 3.62. The van der Waals surface area contributed by atoms with E-state index in [-0.39, 0.29) is 11.0 Å². The van der Waals surface area contributed by atoms with Crippen molar-refractivity contribution in [1.29, 1.82) is 0 Å². The number of rotatable bonds is 4. The normalized spacial score (nSPS) is 26.0. The lowest BCUT2D eigenvalue weighted by molar-refractivity contribution is 0.162. The van der Waals surface area contributed by atoms with Crippen LogP contribution in [0.2, 0.25) is 0 Å². The zero-order valence-corrected chi connectivity index (χ0v) is 10.1. The van der Waals surface area contributed by atoms with Crippen LogP contribution in [0.5, 0.6) is 0 Å². The van der Waals surface area contributed by atoms with Gasteiger partial charge in [0.2, 0.25) is 0 Å². The summed E-state index contributed by atoms with van der Waals surface area (Å²) in [4.78, 5) is 0. The molecule has 2 unspecified atom stereocenters. The number of hydrogen-bond acceptors (Lipinski definition) is 4. The third kappa shape index (κ3) is 4.66. The first-order valence-electron chi connectivity index (χ1n) is 4.96. The first-order valence-corrected chi connectivity index (χ1v) is 8.07. The highest BCUT2D eigenvalue weighted by atomic mass is 32.2. The Labute approximate surface area is 90.2 Å². The lowest BCUT2D eigenvalue weighted by Crippen LogP contribution is -2.27. The zero-order valence-electron chi connectivity index (χ0n) is 8.48. The molecule has 0 bridgehead atoms. The minimum Gasteiger partial charge on any atom is -0.392 e. The minimum atomic E-state index is -2.93. The highest BCUT2D eigenvalue weighted by Crippen LogP contribution is 2.28. The molecule has 0 radical (unpaired) electrons. The fraction of sp³-hybridized carbons (Fsp3) is 1.00. The second-order valence-corrected chi connectivity index (χ2v) is 7.50. The van der Waals surface area contributed by atoms with E-state index >= 15 is 0 Å². The molecular formula is C9H18O3S2. The van der Waals surface area contributed by atoms with Crippen LogP contribution in [-0.2, 0) is 9.84 Å². The number of hydrogen-bond donors (Lipinski definition) is 1. The fourth-order valence-electron chi connectivity index (χ4n) is 1.59. The Morgan fingerprint density at radius 2 is 2.21 bits per heavy atom. The maximum absolute atomic E-state index is 10.9. The Hall–Kier alpha value is 0.260. The van der Waals surface area contributed by atoms with E-state index < -0.39 is 15.9 Å². The topological polar surface area (TPSA) is 54.4 Å². The summed E-state index contributed by atoms with van der Waals surface area (Å²) in [5.41, 5.74) is 0. The van der Waals surface area contributed by atoms with E-state index in [2.05, 4.69) is 0 Å². The molecular weight excluding hydrogens is 220 g/mol. The summed E-state index contributed by atoms with van der Waals surface area (Å²) < 4.78 is 21.8. The highest BCUT2D eigenvalue weighted by Gasteiger charge is 2.22. The van der Waals surface area contributed by atoms with Crippen LogP contribution < -0.4 is 0 Å². The van der Waals surface area contributed by atoms with Crippen LogP contribution in [0.3, 0.4) is 0 Å². The molecule has 1 aliphatic rings. The second-order valence-electron chi connectivity index (χ2n) is 3.89. The predicted octanol–water partition coefficient (Wildman–Crippen LogP) is 1.07. The van der Waals surface area contributed by atoms with Gasteiger partial charge < -0.3 is 5.11 Å². The van der Waals surface area contributed by atoms with Crippen LogP contribution in [0.25, 0.3) is 0 Å². The first kappa shape index (κ1) is 12.3. The van der Waals surface area contributed by atoms with E-state index in [1.54, 1.807) is 11.8 Å². The van der Waals surface area contributed by atoms with Gasteiger partial charge in [-0.25, -0.2) is 8.42 Å². The average molecular weight is 238 g/mol. The van der Waals surface area contributed by atoms with Gasteiger partial charge in [-0.1, -0.05) is 6.42 Å². The van der Waals surface area contributed by atoms with E-state index in [1.807, 2.05) is 0 Å². The molecule has 0 spiro atoms. The van der Waals surface area contributed by atoms with Gasteiger partial charge in [-0.3, -0.25) is 0 Å². The average Bonchev–Trinajstić information content (AvgIpc) is 2.14. The Morgan fingerprint density at radius 3 is 2.71 bits per heavy atom. The lowest BCUT2D eigenvalue weighted by atomic mass is 10.1. The van der Waals surface area contributed by atoms with Crippen LogP contribution in [-0.4, -0.2) is 42.6 Å². The summed E-state index contributed by atoms with van der Waals surface area (Å²) in [6.45, 7) is 0. The summed E-state index contributed by atoms with van der Waals surface area (Å²) >= 11 is 1.78. The van der Waals surface area contributed by atoms with Crippen LogP contribution >= 0.6 is 11.8 Å². The van der Waals surface area contributed by atoms with Gasteiger partial charge in [0.15, 0.2) is 0 Å². The molecule has 2 atom stereocenters. The first-order chi connectivity index (χ1) is 6.49. The third-order valence-corrected chi connectivity index (χ3v) is 4.91. The van der Waals surface area contributed by atoms with Crippen molar-refractivity contribution in [2.75, 3.05) is 17.8 Å². The SMILES string of the molecule is CS(=O)(=O)CCC(O)C1CCCCS1. The molecule has 0 aromatic carbocycles. The summed E-state index contributed by atoms with van der Waals surface area (Å²) in [5.74, 6) is 1.20. The zero-order chi connectivity index (χ0) is 10.6.